The predicted octanol–water partition coefficient (Wildman–Crippen LogP) is 8.05. The number of aliphatic hydroxyl groups is 1. The molecule has 0 atom stereocenters. The van der Waals surface area contributed by atoms with Crippen molar-refractivity contribution in [1.82, 2.24) is 0 Å². The molecule has 0 radical (unpaired) electrons. The maximum atomic E-state index is 12.9. The molecule has 3 aliphatic rings. The lowest BCUT2D eigenvalue weighted by molar-refractivity contribution is -0.225. The van der Waals surface area contributed by atoms with Crippen LogP contribution in [-0.2, 0) is 47.7 Å². The van der Waals surface area contributed by atoms with Gasteiger partial charge in [0.15, 0.2) is 0 Å². The average molecular weight is 749 g/mol. The Kier molecular flexibility index (Phi) is 22.3. The van der Waals surface area contributed by atoms with Gasteiger partial charge >= 0.3 is 29.8 Å². The molecule has 3 fully saturated rings. The Labute approximate surface area is 317 Å². The molecule has 0 aliphatic heterocycles. The molecule has 3 aliphatic carbocycles. The van der Waals surface area contributed by atoms with E-state index in [2.05, 4.69) is 32.9 Å². The second-order valence-electron chi connectivity index (χ2n) is 15.5. The third-order valence-corrected chi connectivity index (χ3v) is 10.1. The van der Waals surface area contributed by atoms with E-state index in [-0.39, 0.29) is 68.8 Å². The highest BCUT2D eigenvalue weighted by Gasteiger charge is 2.70. The van der Waals surface area contributed by atoms with Crippen molar-refractivity contribution in [1.29, 1.82) is 0 Å². The summed E-state index contributed by atoms with van der Waals surface area (Å²) in [6, 6.07) is 0. The molecule has 0 aromatic heterocycles. The van der Waals surface area contributed by atoms with Crippen LogP contribution in [0.3, 0.4) is 0 Å². The molecular formula is C42H68O11. The lowest BCUT2D eigenvalue weighted by Gasteiger charge is -2.67. The van der Waals surface area contributed by atoms with E-state index in [1.165, 1.54) is 25.7 Å². The molecule has 3 rings (SSSR count). The number of hydrogen-bond acceptors (Lipinski definition) is 11. The summed E-state index contributed by atoms with van der Waals surface area (Å²) in [4.78, 5) is 62.2. The van der Waals surface area contributed by atoms with Crippen LogP contribution >= 0.6 is 0 Å². The van der Waals surface area contributed by atoms with Crippen LogP contribution in [0.25, 0.3) is 0 Å². The summed E-state index contributed by atoms with van der Waals surface area (Å²) in [5.74, 6) is -2.04. The highest BCUT2D eigenvalue weighted by molar-refractivity contribution is 5.81. The van der Waals surface area contributed by atoms with Crippen LogP contribution in [0.15, 0.2) is 24.3 Å². The fourth-order valence-electron chi connectivity index (χ4n) is 6.96. The largest absolute Gasteiger partial charge is 0.465 e. The number of ether oxygens (including phenoxy) is 5. The van der Waals surface area contributed by atoms with Gasteiger partial charge in [0.2, 0.25) is 0 Å². The number of carbonyl (C=O) groups is 5. The van der Waals surface area contributed by atoms with Gasteiger partial charge in [-0.15, -0.1) is 0 Å². The lowest BCUT2D eigenvalue weighted by Crippen LogP contribution is -2.64. The van der Waals surface area contributed by atoms with Crippen LogP contribution in [0.5, 0.6) is 0 Å². The number of rotatable bonds is 32. The summed E-state index contributed by atoms with van der Waals surface area (Å²) < 4.78 is 27.1. The number of esters is 5. The summed E-state index contributed by atoms with van der Waals surface area (Å²) in [5, 5.41) is 10.4. The molecule has 0 amide bonds. The molecular weight excluding hydrogens is 680 g/mol. The number of aliphatic hydroxyl groups excluding tert-OH is 1. The van der Waals surface area contributed by atoms with Gasteiger partial charge in [-0.3, -0.25) is 24.0 Å². The van der Waals surface area contributed by atoms with Gasteiger partial charge in [0.05, 0.1) is 30.7 Å². The Hall–Kier alpha value is -3.21. The van der Waals surface area contributed by atoms with Crippen LogP contribution in [0.2, 0.25) is 0 Å². The first-order chi connectivity index (χ1) is 25.5. The molecule has 302 valence electrons. The molecule has 1 N–H and O–H groups in total. The van der Waals surface area contributed by atoms with Gasteiger partial charge in [-0.2, -0.15) is 0 Å². The van der Waals surface area contributed by atoms with E-state index in [4.69, 9.17) is 23.7 Å². The van der Waals surface area contributed by atoms with Crippen molar-refractivity contribution >= 4 is 29.8 Å². The molecule has 0 aromatic carbocycles. The zero-order valence-electron chi connectivity index (χ0n) is 32.9. The first kappa shape index (κ1) is 45.9. The van der Waals surface area contributed by atoms with E-state index in [9.17, 15) is 29.1 Å². The minimum absolute atomic E-state index is 0.0503. The van der Waals surface area contributed by atoms with Gasteiger partial charge in [-0.05, 0) is 88.9 Å². The number of carbonyl (C=O) groups excluding carboxylic acids is 5. The van der Waals surface area contributed by atoms with Crippen LogP contribution in [0.1, 0.15) is 156 Å². The maximum absolute atomic E-state index is 12.9. The van der Waals surface area contributed by atoms with E-state index >= 15 is 0 Å². The molecule has 0 unspecified atom stereocenters. The second kappa shape index (κ2) is 25.7. The van der Waals surface area contributed by atoms with Gasteiger partial charge in [0.25, 0.3) is 0 Å². The van der Waals surface area contributed by atoms with Crippen molar-refractivity contribution in [3.63, 3.8) is 0 Å². The molecule has 0 heterocycles. The van der Waals surface area contributed by atoms with E-state index in [0.717, 1.165) is 44.9 Å². The zero-order chi connectivity index (χ0) is 38.8. The molecule has 53 heavy (non-hydrogen) atoms. The Balaban J connectivity index is 1.71. The van der Waals surface area contributed by atoms with Crippen LogP contribution in [-0.4, -0.2) is 74.6 Å². The maximum Gasteiger partial charge on any atom is 0.312 e. The van der Waals surface area contributed by atoms with Crippen LogP contribution in [0, 0.1) is 16.2 Å². The van der Waals surface area contributed by atoms with E-state index in [0.29, 0.717) is 51.7 Å². The van der Waals surface area contributed by atoms with Gasteiger partial charge in [-0.1, -0.05) is 70.8 Å². The van der Waals surface area contributed by atoms with E-state index in [1.807, 2.05) is 12.2 Å². The normalized spacial score (nSPS) is 19.0. The topological polar surface area (TPSA) is 152 Å². The number of allylic oxidation sites excluding steroid dienone is 2. The highest BCUT2D eigenvalue weighted by atomic mass is 16.6. The van der Waals surface area contributed by atoms with Crippen molar-refractivity contribution in [3.05, 3.63) is 24.3 Å². The van der Waals surface area contributed by atoms with Crippen molar-refractivity contribution in [2.45, 2.75) is 156 Å². The summed E-state index contributed by atoms with van der Waals surface area (Å²) >= 11 is 0. The van der Waals surface area contributed by atoms with E-state index in [1.54, 1.807) is 0 Å². The fraction of sp³-hybridized carbons (Fsp3) is 0.786. The third-order valence-electron chi connectivity index (χ3n) is 10.1. The summed E-state index contributed by atoms with van der Waals surface area (Å²) in [6.45, 7) is 5.66. The molecule has 0 spiro atoms. The van der Waals surface area contributed by atoms with Crippen molar-refractivity contribution in [2.75, 3.05) is 39.6 Å². The van der Waals surface area contributed by atoms with Gasteiger partial charge < -0.3 is 28.8 Å². The molecule has 0 saturated heterocycles. The second-order valence-corrected chi connectivity index (χ2v) is 15.5. The van der Waals surface area contributed by atoms with Gasteiger partial charge in [-0.25, -0.2) is 0 Å². The van der Waals surface area contributed by atoms with Crippen molar-refractivity contribution < 1.29 is 52.8 Å². The van der Waals surface area contributed by atoms with Crippen molar-refractivity contribution in [2.24, 2.45) is 16.2 Å². The predicted molar refractivity (Wildman–Crippen MR) is 201 cm³/mol. The standard InChI is InChI=1S/C42H68O11/c1-4-6-8-10-12-14-20-26-49-35(44)22-16-18-24-37(46)51-32-41(31-43,34-53-39(48)42-28-40(3,29-42)30-42)33-52-38(47)25-19-17-23-36(45)50-27-21-15-13-11-9-7-5-2/h12-15,43H,4-11,16-34H2,1-3H3/b14-12-,15-13-. The Morgan fingerprint density at radius 2 is 0.925 bits per heavy atom. The Bertz CT molecular complexity index is 1090. The summed E-state index contributed by atoms with van der Waals surface area (Å²) in [6.07, 6.45) is 23.3. The quantitative estimate of drug-likeness (QED) is 0.0308. The monoisotopic (exact) mass is 748 g/mol. The Morgan fingerprint density at radius 3 is 1.30 bits per heavy atom. The highest BCUT2D eigenvalue weighted by Crippen LogP contribution is 2.73. The Morgan fingerprint density at radius 1 is 0.547 bits per heavy atom. The van der Waals surface area contributed by atoms with Crippen LogP contribution < -0.4 is 0 Å². The molecule has 0 aromatic rings. The van der Waals surface area contributed by atoms with Crippen molar-refractivity contribution in [3.8, 4) is 0 Å². The van der Waals surface area contributed by atoms with E-state index < -0.39 is 29.4 Å². The zero-order valence-corrected chi connectivity index (χ0v) is 32.9. The average Bonchev–Trinajstić information content (AvgIpc) is 3.12. The summed E-state index contributed by atoms with van der Waals surface area (Å²) in [7, 11) is 0. The molecule has 2 bridgehead atoms. The molecule has 3 saturated carbocycles. The molecule has 11 heteroatoms. The summed E-state index contributed by atoms with van der Waals surface area (Å²) in [5.41, 5.74) is -1.63. The SMILES string of the molecule is CCCCC/C=C\CCOC(=O)CCCCC(=O)OCC(CO)(COC(=O)CCCCC(=O)OCC/C=C\CCCCC)COC(=O)C12CC(C)(C1)C2. The number of hydrogen-bond donors (Lipinski definition) is 1. The molecule has 11 nitrogen and oxygen atoms in total. The van der Waals surface area contributed by atoms with Gasteiger partial charge in [0.1, 0.15) is 19.8 Å². The van der Waals surface area contributed by atoms with Gasteiger partial charge in [0, 0.05) is 25.7 Å². The first-order valence-corrected chi connectivity index (χ1v) is 20.2. The number of unbranched alkanes of at least 4 members (excludes halogenated alkanes) is 8. The lowest BCUT2D eigenvalue weighted by atomic mass is 9.36. The minimum atomic E-state index is -1.34. The third kappa shape index (κ3) is 18.6. The smallest absolute Gasteiger partial charge is 0.312 e. The minimum Gasteiger partial charge on any atom is -0.465 e. The fourth-order valence-corrected chi connectivity index (χ4v) is 6.96. The first-order valence-electron chi connectivity index (χ1n) is 20.2. The van der Waals surface area contributed by atoms with Crippen LogP contribution in [0.4, 0.5) is 0 Å².